The Morgan fingerprint density at radius 1 is 1.26 bits per heavy atom. The van der Waals surface area contributed by atoms with Crippen molar-refractivity contribution >= 4 is 17.5 Å². The van der Waals surface area contributed by atoms with Gasteiger partial charge in [-0.25, -0.2) is 0 Å². The van der Waals surface area contributed by atoms with E-state index in [1.54, 1.807) is 0 Å². The monoisotopic (exact) mass is 445 g/mol. The molecule has 2 fully saturated rings. The van der Waals surface area contributed by atoms with Crippen LogP contribution in [0.15, 0.2) is 30.3 Å². The number of rotatable bonds is 8. The molecule has 1 atom stereocenters. The lowest BCUT2D eigenvalue weighted by Crippen LogP contribution is -2.42. The SMILES string of the molecule is Cn1nc([C@H]2CN(C(=O)CCC3CCCC3)CCO2)cc1CCOc1ccc(Cl)cc1. The summed E-state index contributed by atoms with van der Waals surface area (Å²) in [5.74, 6) is 1.80. The second-order valence-electron chi connectivity index (χ2n) is 8.62. The number of amides is 1. The highest BCUT2D eigenvalue weighted by Crippen LogP contribution is 2.29. The number of carbonyl (C=O) groups is 1. The number of ether oxygens (including phenoxy) is 2. The van der Waals surface area contributed by atoms with Crippen molar-refractivity contribution in [1.29, 1.82) is 0 Å². The minimum absolute atomic E-state index is 0.165. The van der Waals surface area contributed by atoms with E-state index >= 15 is 0 Å². The van der Waals surface area contributed by atoms with Gasteiger partial charge in [0.15, 0.2) is 0 Å². The van der Waals surface area contributed by atoms with E-state index in [9.17, 15) is 4.79 Å². The molecule has 4 rings (SSSR count). The molecule has 168 valence electrons. The van der Waals surface area contributed by atoms with Crippen LogP contribution in [-0.2, 0) is 23.0 Å². The molecule has 0 unspecified atom stereocenters. The van der Waals surface area contributed by atoms with E-state index < -0.39 is 0 Å². The largest absolute Gasteiger partial charge is 0.493 e. The highest BCUT2D eigenvalue weighted by atomic mass is 35.5. The van der Waals surface area contributed by atoms with E-state index in [1.807, 2.05) is 40.9 Å². The number of halogens is 1. The van der Waals surface area contributed by atoms with Gasteiger partial charge in [0, 0.05) is 37.2 Å². The Balaban J connectivity index is 1.28. The first-order chi connectivity index (χ1) is 15.1. The van der Waals surface area contributed by atoms with Gasteiger partial charge >= 0.3 is 0 Å². The summed E-state index contributed by atoms with van der Waals surface area (Å²) in [5, 5.41) is 5.35. The summed E-state index contributed by atoms with van der Waals surface area (Å²) >= 11 is 5.91. The van der Waals surface area contributed by atoms with Crippen molar-refractivity contribution in [3.05, 3.63) is 46.7 Å². The molecule has 0 bridgehead atoms. The zero-order valence-corrected chi connectivity index (χ0v) is 19.0. The Morgan fingerprint density at radius 3 is 2.81 bits per heavy atom. The number of aromatic nitrogens is 2. The summed E-state index contributed by atoms with van der Waals surface area (Å²) < 4.78 is 13.7. The molecule has 0 spiro atoms. The van der Waals surface area contributed by atoms with Gasteiger partial charge in [0.05, 0.1) is 25.5 Å². The smallest absolute Gasteiger partial charge is 0.222 e. The number of benzene rings is 1. The van der Waals surface area contributed by atoms with Gasteiger partial charge in [0.2, 0.25) is 5.91 Å². The predicted molar refractivity (Wildman–Crippen MR) is 120 cm³/mol. The molecule has 1 saturated heterocycles. The van der Waals surface area contributed by atoms with Gasteiger partial charge in [-0.05, 0) is 42.7 Å². The highest BCUT2D eigenvalue weighted by Gasteiger charge is 2.28. The van der Waals surface area contributed by atoms with Crippen LogP contribution in [0, 0.1) is 5.92 Å². The van der Waals surface area contributed by atoms with Crippen molar-refractivity contribution < 1.29 is 14.3 Å². The normalized spacial score (nSPS) is 19.7. The number of morpholine rings is 1. The fourth-order valence-corrected chi connectivity index (χ4v) is 4.69. The third kappa shape index (κ3) is 6.01. The predicted octanol–water partition coefficient (Wildman–Crippen LogP) is 4.57. The van der Waals surface area contributed by atoms with Crippen molar-refractivity contribution in [3.8, 4) is 5.75 Å². The molecule has 1 saturated carbocycles. The molecule has 0 N–H and O–H groups in total. The molecule has 31 heavy (non-hydrogen) atoms. The van der Waals surface area contributed by atoms with Gasteiger partial charge in [0.25, 0.3) is 0 Å². The molecule has 1 aromatic heterocycles. The van der Waals surface area contributed by atoms with Crippen LogP contribution in [-0.4, -0.2) is 46.9 Å². The average Bonchev–Trinajstić information content (AvgIpc) is 3.43. The van der Waals surface area contributed by atoms with Crippen LogP contribution in [0.5, 0.6) is 5.75 Å². The lowest BCUT2D eigenvalue weighted by Gasteiger charge is -2.32. The molecule has 1 aliphatic carbocycles. The molecular formula is C24H32ClN3O3. The summed E-state index contributed by atoms with van der Waals surface area (Å²) in [6.45, 7) is 2.37. The first kappa shape index (κ1) is 22.2. The summed E-state index contributed by atoms with van der Waals surface area (Å²) in [4.78, 5) is 14.7. The summed E-state index contributed by atoms with van der Waals surface area (Å²) in [6.07, 6.45) is 7.49. The Morgan fingerprint density at radius 2 is 2.03 bits per heavy atom. The molecule has 1 aromatic carbocycles. The second-order valence-corrected chi connectivity index (χ2v) is 9.06. The second kappa shape index (κ2) is 10.5. The maximum atomic E-state index is 12.7. The molecule has 7 heteroatoms. The minimum Gasteiger partial charge on any atom is -0.493 e. The van der Waals surface area contributed by atoms with Crippen molar-refractivity contribution in [2.24, 2.45) is 13.0 Å². The quantitative estimate of drug-likeness (QED) is 0.597. The molecule has 2 aliphatic rings. The maximum absolute atomic E-state index is 12.7. The van der Waals surface area contributed by atoms with Gasteiger partial charge in [0.1, 0.15) is 11.9 Å². The first-order valence-electron chi connectivity index (χ1n) is 11.4. The van der Waals surface area contributed by atoms with Gasteiger partial charge in [-0.2, -0.15) is 5.10 Å². The minimum atomic E-state index is -0.165. The molecule has 2 aromatic rings. The maximum Gasteiger partial charge on any atom is 0.222 e. The zero-order chi connectivity index (χ0) is 21.6. The molecule has 2 heterocycles. The summed E-state index contributed by atoms with van der Waals surface area (Å²) in [6, 6.07) is 9.44. The first-order valence-corrected chi connectivity index (χ1v) is 11.8. The van der Waals surface area contributed by atoms with E-state index in [-0.39, 0.29) is 12.0 Å². The van der Waals surface area contributed by atoms with E-state index in [0.717, 1.165) is 35.9 Å². The number of aryl methyl sites for hydroxylation is 1. The van der Waals surface area contributed by atoms with Crippen LogP contribution in [0.1, 0.15) is 56.0 Å². The molecule has 0 radical (unpaired) electrons. The molecular weight excluding hydrogens is 414 g/mol. The lowest BCUT2D eigenvalue weighted by atomic mass is 10.0. The third-order valence-corrected chi connectivity index (χ3v) is 6.68. The van der Waals surface area contributed by atoms with Crippen LogP contribution in [0.2, 0.25) is 5.02 Å². The van der Waals surface area contributed by atoms with Gasteiger partial charge in [-0.3, -0.25) is 9.48 Å². The van der Waals surface area contributed by atoms with E-state index in [2.05, 4.69) is 11.2 Å². The van der Waals surface area contributed by atoms with Crippen molar-refractivity contribution in [1.82, 2.24) is 14.7 Å². The summed E-state index contributed by atoms with van der Waals surface area (Å²) in [5.41, 5.74) is 1.97. The van der Waals surface area contributed by atoms with Crippen molar-refractivity contribution in [2.75, 3.05) is 26.3 Å². The Kier molecular flexibility index (Phi) is 7.51. The lowest BCUT2D eigenvalue weighted by molar-refractivity contribution is -0.139. The molecule has 1 aliphatic heterocycles. The van der Waals surface area contributed by atoms with Crippen LogP contribution >= 0.6 is 11.6 Å². The number of hydrogen-bond acceptors (Lipinski definition) is 4. The average molecular weight is 446 g/mol. The van der Waals surface area contributed by atoms with Crippen LogP contribution < -0.4 is 4.74 Å². The molecule has 6 nitrogen and oxygen atoms in total. The van der Waals surface area contributed by atoms with Crippen LogP contribution in [0.3, 0.4) is 0 Å². The number of hydrogen-bond donors (Lipinski definition) is 0. The van der Waals surface area contributed by atoms with Gasteiger partial charge < -0.3 is 14.4 Å². The van der Waals surface area contributed by atoms with Crippen LogP contribution in [0.4, 0.5) is 0 Å². The number of nitrogens with zero attached hydrogens (tertiary/aromatic N) is 3. The summed E-state index contributed by atoms with van der Waals surface area (Å²) in [7, 11) is 1.94. The highest BCUT2D eigenvalue weighted by molar-refractivity contribution is 6.30. The molecule has 1 amide bonds. The fraction of sp³-hybridized carbons (Fsp3) is 0.583. The Hall–Kier alpha value is -2.05. The van der Waals surface area contributed by atoms with Crippen molar-refractivity contribution in [2.45, 2.75) is 51.0 Å². The van der Waals surface area contributed by atoms with E-state index in [1.165, 1.54) is 25.7 Å². The topological polar surface area (TPSA) is 56.6 Å². The number of carbonyl (C=O) groups excluding carboxylic acids is 1. The van der Waals surface area contributed by atoms with Crippen LogP contribution in [0.25, 0.3) is 0 Å². The van der Waals surface area contributed by atoms with Crippen molar-refractivity contribution in [3.63, 3.8) is 0 Å². The van der Waals surface area contributed by atoms with Gasteiger partial charge in [-0.15, -0.1) is 0 Å². The van der Waals surface area contributed by atoms with E-state index in [4.69, 9.17) is 21.1 Å². The van der Waals surface area contributed by atoms with Gasteiger partial charge in [-0.1, -0.05) is 37.3 Å². The standard InChI is InChI=1S/C24H32ClN3O3/c1-27-20(12-14-30-21-9-7-19(25)8-10-21)16-22(26-27)23-17-28(13-15-31-23)24(29)11-6-18-4-2-3-5-18/h7-10,16,18,23H,2-6,11-15,17H2,1H3/t23-/m1/s1. The van der Waals surface area contributed by atoms with E-state index in [0.29, 0.717) is 37.7 Å². The fourth-order valence-electron chi connectivity index (χ4n) is 4.57. The third-order valence-electron chi connectivity index (χ3n) is 6.43. The Labute approximate surface area is 189 Å². The Bertz CT molecular complexity index is 861. The zero-order valence-electron chi connectivity index (χ0n) is 18.3.